The molecule has 2 saturated carbocycles. The van der Waals surface area contributed by atoms with Crippen LogP contribution in [0.2, 0.25) is 0 Å². The third-order valence-electron chi connectivity index (χ3n) is 13.6. The van der Waals surface area contributed by atoms with Crippen LogP contribution >= 0.6 is 0 Å². The lowest BCUT2D eigenvalue weighted by molar-refractivity contribution is -0.371. The number of carboxylic acids is 2. The molecule has 27 heteroatoms. The summed E-state index contributed by atoms with van der Waals surface area (Å²) < 4.78 is 62.1. The minimum atomic E-state index is -1.92. The third kappa shape index (κ3) is 12.6. The highest BCUT2D eigenvalue weighted by atomic mass is 16.7. The summed E-state index contributed by atoms with van der Waals surface area (Å²) in [7, 11) is 2.84. The zero-order chi connectivity index (χ0) is 49.9. The van der Waals surface area contributed by atoms with Crippen LogP contribution in [0.25, 0.3) is 0 Å². The number of hydrogen-bond donors (Lipinski definition) is 12. The van der Waals surface area contributed by atoms with Gasteiger partial charge in [-0.15, -0.1) is 0 Å². The van der Waals surface area contributed by atoms with Gasteiger partial charge in [0, 0.05) is 33.0 Å². The van der Waals surface area contributed by atoms with Gasteiger partial charge in [-0.3, -0.25) is 19.2 Å². The summed E-state index contributed by atoms with van der Waals surface area (Å²) in [6, 6.07) is 0. The van der Waals surface area contributed by atoms with E-state index in [2.05, 4.69) is 0 Å². The van der Waals surface area contributed by atoms with E-state index >= 15 is 0 Å². The van der Waals surface area contributed by atoms with Crippen LogP contribution < -0.4 is 0 Å². The fraction of sp³-hybridized carbons (Fsp3) is 0.902. The Morgan fingerprint density at radius 1 is 0.559 bits per heavy atom. The van der Waals surface area contributed by atoms with Crippen LogP contribution in [0.5, 0.6) is 0 Å². The molecule has 27 nitrogen and oxygen atoms in total. The molecule has 0 aromatic rings. The maximum absolute atomic E-state index is 12.0. The predicted octanol–water partition coefficient (Wildman–Crippen LogP) is -6.50. The van der Waals surface area contributed by atoms with E-state index in [0.29, 0.717) is 0 Å². The van der Waals surface area contributed by atoms with Crippen molar-refractivity contribution < 1.29 is 133 Å². The number of ether oxygens (including phenoxy) is 11. The van der Waals surface area contributed by atoms with E-state index in [1.165, 1.54) is 21.1 Å². The van der Waals surface area contributed by atoms with E-state index in [-0.39, 0.29) is 32.1 Å². The molecule has 4 saturated heterocycles. The molecule has 6 fully saturated rings. The molecular weight excluding hydrogens is 924 g/mol. The van der Waals surface area contributed by atoms with Crippen LogP contribution in [0.4, 0.5) is 0 Å². The van der Waals surface area contributed by atoms with Gasteiger partial charge in [-0.05, 0) is 26.2 Å². The number of carbonyl (C=O) groups is 4. The molecule has 0 radical (unpaired) electrons. The monoisotopic (exact) mass is 989 g/mol. The molecule has 6 aliphatic rings. The fourth-order valence-corrected chi connectivity index (χ4v) is 9.96. The fourth-order valence-electron chi connectivity index (χ4n) is 9.96. The van der Waals surface area contributed by atoms with Crippen molar-refractivity contribution in [2.75, 3.05) is 27.4 Å². The van der Waals surface area contributed by atoms with Crippen LogP contribution in [0.1, 0.15) is 51.9 Å². The molecule has 0 bridgehead atoms. The summed E-state index contributed by atoms with van der Waals surface area (Å²) in [5.74, 6) is -6.43. The highest BCUT2D eigenvalue weighted by Gasteiger charge is 2.58. The normalized spacial score (nSPS) is 46.5. The van der Waals surface area contributed by atoms with Crippen molar-refractivity contribution in [3.05, 3.63) is 0 Å². The van der Waals surface area contributed by atoms with Gasteiger partial charge in [-0.1, -0.05) is 0 Å². The summed E-state index contributed by atoms with van der Waals surface area (Å²) in [5.41, 5.74) is 0. The Morgan fingerprint density at radius 3 is 1.65 bits per heavy atom. The average molecular weight is 990 g/mol. The molecule has 8 unspecified atom stereocenters. The molecule has 0 spiro atoms. The van der Waals surface area contributed by atoms with Crippen LogP contribution in [0.3, 0.4) is 0 Å². The number of carboxylic acid groups (broad SMARTS) is 2. The highest BCUT2D eigenvalue weighted by Crippen LogP contribution is 2.44. The lowest BCUT2D eigenvalue weighted by Gasteiger charge is -2.50. The molecular formula is C41H65O27+. The zero-order valence-corrected chi connectivity index (χ0v) is 37.3. The van der Waals surface area contributed by atoms with Gasteiger partial charge < -0.3 is 113 Å². The van der Waals surface area contributed by atoms with E-state index in [9.17, 15) is 70.2 Å². The van der Waals surface area contributed by atoms with Gasteiger partial charge in [0.25, 0.3) is 0 Å². The number of hydrogen-bond acceptors (Lipinski definition) is 24. The van der Waals surface area contributed by atoms with Gasteiger partial charge in [0.05, 0.1) is 43.0 Å². The summed E-state index contributed by atoms with van der Waals surface area (Å²) in [5, 5.41) is 127. The first-order valence-corrected chi connectivity index (χ1v) is 22.4. The number of esters is 2. The Kier molecular flexibility index (Phi) is 18.9. The lowest BCUT2D eigenvalue weighted by atomic mass is 9.72. The first-order valence-electron chi connectivity index (χ1n) is 22.4. The first kappa shape index (κ1) is 54.5. The molecule has 0 amide bonds. The molecule has 68 heavy (non-hydrogen) atoms. The van der Waals surface area contributed by atoms with Crippen molar-refractivity contribution in [2.24, 2.45) is 11.8 Å². The van der Waals surface area contributed by atoms with E-state index in [4.69, 9.17) is 62.3 Å². The summed E-state index contributed by atoms with van der Waals surface area (Å²) in [6.07, 6.45) is -34.0. The molecule has 23 atom stereocenters. The van der Waals surface area contributed by atoms with Crippen molar-refractivity contribution in [2.45, 2.75) is 193 Å². The number of aliphatic hydroxyl groups is 12. The Balaban J connectivity index is 1.20. The van der Waals surface area contributed by atoms with Crippen LogP contribution in [-0.4, -0.2) is 258 Å². The van der Waals surface area contributed by atoms with Crippen LogP contribution in [0.15, 0.2) is 0 Å². The van der Waals surface area contributed by atoms with Gasteiger partial charge in [0.2, 0.25) is 0 Å². The Morgan fingerprint density at radius 2 is 1.09 bits per heavy atom. The maximum Gasteiger partial charge on any atom is 0.317 e. The van der Waals surface area contributed by atoms with Crippen molar-refractivity contribution in [1.82, 2.24) is 0 Å². The Hall–Kier alpha value is -2.88. The van der Waals surface area contributed by atoms with Gasteiger partial charge >= 0.3 is 23.9 Å². The standard InChI is InChI=1S/C41H64O27/c1-13-37(68-27(48)10-25(45)46)33(54)36(57)39(62-13)61-12-23-30(51)32(53)35(56)41(67-23)65-21-8-16-17(63-38(21)14-4-19(58-2)28(49)20(5-14)59-3)6-15(42)7-18(16)64-40-34(55)31(52)29(50)22(66-40)11-60-26(47)9-24(43)44/h13-23,28-42,49-57H,4-12H2,1-3H3,(H,43,44)(H,45,46)/p+1/t13-,14?,15?,16?,17?,18?,19?,20?,21?,22+,23+,28?,29+,30+,31-,32-,33-,34+,35+,36+,37-,38?,39+,40+,41+/m0/s1. The molecule has 4 heterocycles. The highest BCUT2D eigenvalue weighted by molar-refractivity contribution is 5.90. The van der Waals surface area contributed by atoms with Crippen LogP contribution in [0, 0.1) is 11.8 Å². The molecule has 4 aliphatic heterocycles. The number of methoxy groups -OCH3 is 2. The zero-order valence-electron chi connectivity index (χ0n) is 37.3. The predicted molar refractivity (Wildman–Crippen MR) is 214 cm³/mol. The minimum absolute atomic E-state index is 0.0251. The number of fused-ring (bicyclic) bond motifs is 1. The third-order valence-corrected chi connectivity index (χ3v) is 13.6. The smallest absolute Gasteiger partial charge is 0.317 e. The van der Waals surface area contributed by atoms with E-state index in [1.807, 2.05) is 0 Å². The molecule has 0 aromatic carbocycles. The molecule has 6 rings (SSSR count). The number of aliphatic carboxylic acids is 2. The van der Waals surface area contributed by atoms with Crippen molar-refractivity contribution in [3.63, 3.8) is 0 Å². The second-order valence-electron chi connectivity index (χ2n) is 18.2. The Labute approximate surface area is 388 Å². The average Bonchev–Trinajstić information content (AvgIpc) is 3.28. The van der Waals surface area contributed by atoms with Gasteiger partial charge in [-0.2, -0.15) is 0 Å². The number of carbonyl (C=O) groups excluding carboxylic acids is 2. The molecule has 0 aromatic heterocycles. The number of aliphatic hydroxyl groups excluding tert-OH is 10. The topological polar surface area (TPSA) is 416 Å². The quantitative estimate of drug-likeness (QED) is 0.0366. The summed E-state index contributed by atoms with van der Waals surface area (Å²) in [6.45, 7) is -0.0122. The van der Waals surface area contributed by atoms with E-state index in [1.54, 1.807) is 0 Å². The Bertz CT molecular complexity index is 1680. The van der Waals surface area contributed by atoms with Crippen molar-refractivity contribution in [1.29, 1.82) is 0 Å². The maximum atomic E-state index is 12.0. The largest absolute Gasteiger partial charge is 0.481 e. The SMILES string of the molecule is COC1CC(C2[OH+]C3CC(O)CC(O[C@@H]4O[C@H](COC(=O)CC(=O)O)[C@@H](O)[C@H](O)[C@H]4O)C3CC2O[C@@H]2O[C@H](CO[C@@H]3O[C@@H](C)[C@H](OC(=O)CC(=O)O)[C@@H](O)[C@H]3O)[C@@H](O)[C@H](O)[C@H]2O)CC(OC)C1O. The summed E-state index contributed by atoms with van der Waals surface area (Å²) >= 11 is 0. The second kappa shape index (κ2) is 23.6. The molecule has 2 aliphatic carbocycles. The van der Waals surface area contributed by atoms with Crippen LogP contribution in [-0.2, 0) is 66.5 Å². The summed E-state index contributed by atoms with van der Waals surface area (Å²) in [4.78, 5) is 45.8. The van der Waals surface area contributed by atoms with E-state index < -0.39 is 203 Å². The van der Waals surface area contributed by atoms with Gasteiger partial charge in [-0.25, -0.2) is 0 Å². The minimum Gasteiger partial charge on any atom is -0.481 e. The molecule has 390 valence electrons. The van der Waals surface area contributed by atoms with Crippen molar-refractivity contribution in [3.8, 4) is 0 Å². The molecule has 13 N–H and O–H groups in total. The second-order valence-corrected chi connectivity index (χ2v) is 18.2. The van der Waals surface area contributed by atoms with E-state index in [0.717, 1.165) is 0 Å². The lowest BCUT2D eigenvalue weighted by Crippen LogP contribution is -2.65. The van der Waals surface area contributed by atoms with Gasteiger partial charge in [0.15, 0.2) is 37.2 Å². The first-order chi connectivity index (χ1) is 32.1. The number of rotatable bonds is 17. The van der Waals surface area contributed by atoms with Gasteiger partial charge in [0.1, 0.15) is 92.7 Å². The van der Waals surface area contributed by atoms with Crippen molar-refractivity contribution >= 4 is 23.9 Å².